The van der Waals surface area contributed by atoms with E-state index < -0.39 is 12.1 Å². The zero-order chi connectivity index (χ0) is 9.84. The van der Waals surface area contributed by atoms with Crippen molar-refractivity contribution in [3.8, 4) is 0 Å². The fourth-order valence-electron chi connectivity index (χ4n) is 0.931. The predicted molar refractivity (Wildman–Crippen MR) is 56.5 cm³/mol. The molecule has 0 aliphatic heterocycles. The van der Waals surface area contributed by atoms with Crippen molar-refractivity contribution < 1.29 is 15.0 Å². The van der Waals surface area contributed by atoms with Crippen molar-refractivity contribution in [1.29, 1.82) is 0 Å². The second-order valence-electron chi connectivity index (χ2n) is 2.68. The Bertz CT molecular complexity index is 294. The molecule has 0 saturated carbocycles. The highest BCUT2D eigenvalue weighted by molar-refractivity contribution is 14.1. The van der Waals surface area contributed by atoms with Crippen molar-refractivity contribution in [3.05, 3.63) is 33.4 Å². The van der Waals surface area contributed by atoms with Crippen LogP contribution in [0.2, 0.25) is 0 Å². The first-order chi connectivity index (χ1) is 6.09. The number of aliphatic hydroxyl groups is 1. The molecular formula is C9H9IO3. The minimum Gasteiger partial charge on any atom is -0.479 e. The zero-order valence-electron chi connectivity index (χ0n) is 6.77. The van der Waals surface area contributed by atoms with E-state index in [9.17, 15) is 4.79 Å². The quantitative estimate of drug-likeness (QED) is 0.825. The number of carboxylic acids is 1. The fraction of sp³-hybridized carbons (Fsp3) is 0.222. The van der Waals surface area contributed by atoms with Crippen LogP contribution in [0, 0.1) is 3.57 Å². The summed E-state index contributed by atoms with van der Waals surface area (Å²) in [5.74, 6) is -1.18. The Labute approximate surface area is 89.5 Å². The van der Waals surface area contributed by atoms with E-state index in [2.05, 4.69) is 22.6 Å². The van der Waals surface area contributed by atoms with Crippen LogP contribution in [0.4, 0.5) is 0 Å². The third kappa shape index (κ3) is 3.31. The van der Waals surface area contributed by atoms with Crippen LogP contribution >= 0.6 is 22.6 Å². The molecule has 1 aromatic carbocycles. The van der Waals surface area contributed by atoms with Crippen molar-refractivity contribution in [1.82, 2.24) is 0 Å². The number of aliphatic hydroxyl groups excluding tert-OH is 1. The molecule has 1 atom stereocenters. The Morgan fingerprint density at radius 2 is 1.92 bits per heavy atom. The van der Waals surface area contributed by atoms with E-state index in [1.54, 1.807) is 0 Å². The van der Waals surface area contributed by atoms with Crippen molar-refractivity contribution in [2.45, 2.75) is 12.5 Å². The van der Waals surface area contributed by atoms with Gasteiger partial charge in [-0.1, -0.05) is 12.1 Å². The van der Waals surface area contributed by atoms with Crippen molar-refractivity contribution in [2.75, 3.05) is 0 Å². The molecule has 0 aliphatic rings. The summed E-state index contributed by atoms with van der Waals surface area (Å²) in [4.78, 5) is 10.3. The number of aliphatic carboxylic acids is 1. The Morgan fingerprint density at radius 1 is 1.38 bits per heavy atom. The summed E-state index contributed by atoms with van der Waals surface area (Å²) in [6.45, 7) is 0. The molecule has 0 unspecified atom stereocenters. The first-order valence-electron chi connectivity index (χ1n) is 3.75. The summed E-state index contributed by atoms with van der Waals surface area (Å²) >= 11 is 2.16. The number of carboxylic acid groups (broad SMARTS) is 1. The largest absolute Gasteiger partial charge is 0.479 e. The molecule has 0 bridgehead atoms. The van der Waals surface area contributed by atoms with Gasteiger partial charge >= 0.3 is 5.97 Å². The van der Waals surface area contributed by atoms with Crippen LogP contribution < -0.4 is 0 Å². The van der Waals surface area contributed by atoms with Crippen LogP contribution in [-0.2, 0) is 11.2 Å². The Balaban J connectivity index is 2.64. The average molecular weight is 292 g/mol. The van der Waals surface area contributed by atoms with Gasteiger partial charge in [0.15, 0.2) is 6.10 Å². The minimum atomic E-state index is -1.31. The monoisotopic (exact) mass is 292 g/mol. The highest BCUT2D eigenvalue weighted by Crippen LogP contribution is 2.08. The molecule has 1 aromatic rings. The number of halogens is 1. The second-order valence-corrected chi connectivity index (χ2v) is 3.93. The maximum atomic E-state index is 10.3. The number of hydrogen-bond donors (Lipinski definition) is 2. The van der Waals surface area contributed by atoms with Crippen LogP contribution in [0.5, 0.6) is 0 Å². The summed E-state index contributed by atoms with van der Waals surface area (Å²) in [6, 6.07) is 7.39. The van der Waals surface area contributed by atoms with E-state index in [1.165, 1.54) is 0 Å². The first kappa shape index (κ1) is 10.5. The van der Waals surface area contributed by atoms with Crippen LogP contribution in [0.3, 0.4) is 0 Å². The van der Waals surface area contributed by atoms with Gasteiger partial charge in [-0.25, -0.2) is 4.79 Å². The van der Waals surface area contributed by atoms with Crippen molar-refractivity contribution in [3.63, 3.8) is 0 Å². The second kappa shape index (κ2) is 4.57. The highest BCUT2D eigenvalue weighted by Gasteiger charge is 2.12. The van der Waals surface area contributed by atoms with E-state index in [-0.39, 0.29) is 6.42 Å². The molecule has 0 amide bonds. The van der Waals surface area contributed by atoms with E-state index >= 15 is 0 Å². The lowest BCUT2D eigenvalue weighted by Gasteiger charge is -2.04. The summed E-state index contributed by atoms with van der Waals surface area (Å²) in [5, 5.41) is 17.5. The molecule has 0 radical (unpaired) electrons. The molecule has 0 heterocycles. The fourth-order valence-corrected chi connectivity index (χ4v) is 1.29. The van der Waals surface area contributed by atoms with Gasteiger partial charge in [0.1, 0.15) is 0 Å². The molecule has 4 heteroatoms. The van der Waals surface area contributed by atoms with Crippen molar-refractivity contribution >= 4 is 28.6 Å². The molecule has 3 nitrogen and oxygen atoms in total. The molecule has 0 aromatic heterocycles. The Kier molecular flexibility index (Phi) is 3.68. The summed E-state index contributed by atoms with van der Waals surface area (Å²) in [7, 11) is 0. The molecular weight excluding hydrogens is 283 g/mol. The highest BCUT2D eigenvalue weighted by atomic mass is 127. The van der Waals surface area contributed by atoms with Gasteiger partial charge in [-0.15, -0.1) is 0 Å². The van der Waals surface area contributed by atoms with Gasteiger partial charge in [0.2, 0.25) is 0 Å². The molecule has 1 rings (SSSR count). The molecule has 0 fully saturated rings. The number of hydrogen-bond acceptors (Lipinski definition) is 2. The lowest BCUT2D eigenvalue weighted by Crippen LogP contribution is -2.21. The number of rotatable bonds is 3. The average Bonchev–Trinajstić information content (AvgIpc) is 2.08. The van der Waals surface area contributed by atoms with Crippen LogP contribution in [-0.4, -0.2) is 22.3 Å². The standard InChI is InChI=1S/C9H9IO3/c10-7-3-1-6(2-4-7)5-8(11)9(12)13/h1-4,8,11H,5H2,(H,12,13)/t8-/m1/s1. The topological polar surface area (TPSA) is 57.5 Å². The molecule has 2 N–H and O–H groups in total. The van der Waals surface area contributed by atoms with Gasteiger partial charge in [-0.2, -0.15) is 0 Å². The van der Waals surface area contributed by atoms with Gasteiger partial charge in [0.25, 0.3) is 0 Å². The number of carbonyl (C=O) groups is 1. The molecule has 70 valence electrons. The van der Waals surface area contributed by atoms with Gasteiger partial charge in [-0.05, 0) is 40.3 Å². The molecule has 0 saturated heterocycles. The Morgan fingerprint density at radius 3 is 2.38 bits per heavy atom. The van der Waals surface area contributed by atoms with Gasteiger partial charge in [-0.3, -0.25) is 0 Å². The summed E-state index contributed by atoms with van der Waals surface area (Å²) < 4.78 is 1.09. The third-order valence-corrected chi connectivity index (χ3v) is 2.35. The lowest BCUT2D eigenvalue weighted by atomic mass is 10.1. The Hall–Kier alpha value is -0.620. The molecule has 0 aliphatic carbocycles. The van der Waals surface area contributed by atoms with Gasteiger partial charge < -0.3 is 10.2 Å². The first-order valence-corrected chi connectivity index (χ1v) is 4.83. The van der Waals surface area contributed by atoms with E-state index in [4.69, 9.17) is 10.2 Å². The van der Waals surface area contributed by atoms with Crippen molar-refractivity contribution in [2.24, 2.45) is 0 Å². The number of benzene rings is 1. The van der Waals surface area contributed by atoms with E-state index in [0.717, 1.165) is 9.13 Å². The van der Waals surface area contributed by atoms with E-state index in [1.807, 2.05) is 24.3 Å². The van der Waals surface area contributed by atoms with Crippen LogP contribution in [0.25, 0.3) is 0 Å². The summed E-state index contributed by atoms with van der Waals surface area (Å²) in [6.07, 6.45) is -1.15. The molecule has 13 heavy (non-hydrogen) atoms. The third-order valence-electron chi connectivity index (χ3n) is 1.63. The van der Waals surface area contributed by atoms with Crippen LogP contribution in [0.1, 0.15) is 5.56 Å². The predicted octanol–water partition coefficient (Wildman–Crippen LogP) is 1.28. The maximum Gasteiger partial charge on any atom is 0.332 e. The van der Waals surface area contributed by atoms with Gasteiger partial charge in [0, 0.05) is 9.99 Å². The summed E-state index contributed by atoms with van der Waals surface area (Å²) in [5.41, 5.74) is 0.829. The van der Waals surface area contributed by atoms with Crippen LogP contribution in [0.15, 0.2) is 24.3 Å². The van der Waals surface area contributed by atoms with Gasteiger partial charge in [0.05, 0.1) is 0 Å². The maximum absolute atomic E-state index is 10.3. The smallest absolute Gasteiger partial charge is 0.332 e. The normalized spacial score (nSPS) is 12.5. The SMILES string of the molecule is O=C(O)[C@H](O)Cc1ccc(I)cc1. The zero-order valence-corrected chi connectivity index (χ0v) is 8.93. The van der Waals surface area contributed by atoms with E-state index in [0.29, 0.717) is 0 Å². The minimum absolute atomic E-state index is 0.159. The molecule has 0 spiro atoms. The lowest BCUT2D eigenvalue weighted by molar-refractivity contribution is -0.146.